The van der Waals surface area contributed by atoms with E-state index in [4.69, 9.17) is 0 Å². The van der Waals surface area contributed by atoms with Crippen LogP contribution in [0.2, 0.25) is 0 Å². The normalized spacial score (nSPS) is 11.0. The first kappa shape index (κ1) is 15.9. The predicted molar refractivity (Wildman–Crippen MR) is 83.0 cm³/mol. The van der Waals surface area contributed by atoms with Crippen LogP contribution in [0.1, 0.15) is 86.7 Å². The maximum absolute atomic E-state index is 12.4. The Balaban J connectivity index is 2.96. The Morgan fingerprint density at radius 1 is 1.11 bits per heavy atom. The minimum atomic E-state index is 0.332. The number of carbonyl (C=O) groups is 1. The predicted octanol–water partition coefficient (Wildman–Crippen LogP) is 5.66. The summed E-state index contributed by atoms with van der Waals surface area (Å²) in [7, 11) is 0. The van der Waals surface area contributed by atoms with Crippen LogP contribution >= 0.6 is 0 Å². The first-order valence-electron chi connectivity index (χ1n) is 7.77. The van der Waals surface area contributed by atoms with E-state index >= 15 is 0 Å². The van der Waals surface area contributed by atoms with E-state index in [9.17, 15) is 4.79 Å². The lowest BCUT2D eigenvalue weighted by molar-refractivity contribution is 0.0978. The highest BCUT2D eigenvalue weighted by Crippen LogP contribution is 2.28. The molecule has 0 saturated heterocycles. The highest BCUT2D eigenvalue weighted by Gasteiger charge is 2.16. The second kappa shape index (κ2) is 8.14. The molecule has 0 aliphatic heterocycles. The molecule has 0 aromatic heterocycles. The highest BCUT2D eigenvalue weighted by atomic mass is 16.1. The van der Waals surface area contributed by atoms with Crippen LogP contribution in [0, 0.1) is 6.92 Å². The van der Waals surface area contributed by atoms with E-state index in [0.717, 1.165) is 31.2 Å². The molecule has 0 radical (unpaired) electrons. The van der Waals surface area contributed by atoms with Gasteiger partial charge in [-0.2, -0.15) is 0 Å². The molecule has 0 amide bonds. The smallest absolute Gasteiger partial charge is 0.163 e. The van der Waals surface area contributed by atoms with Crippen molar-refractivity contribution in [1.29, 1.82) is 0 Å². The number of Topliss-reactive ketones (excluding diaryl/α,β-unsaturated/α-hetero) is 1. The van der Waals surface area contributed by atoms with Crippen molar-refractivity contribution in [2.75, 3.05) is 0 Å². The topological polar surface area (TPSA) is 17.1 Å². The number of benzene rings is 1. The van der Waals surface area contributed by atoms with Gasteiger partial charge in [0, 0.05) is 12.0 Å². The van der Waals surface area contributed by atoms with Crippen LogP contribution in [0.5, 0.6) is 0 Å². The van der Waals surface area contributed by atoms with Crippen LogP contribution in [0.3, 0.4) is 0 Å². The number of aryl methyl sites for hydroxylation is 1. The quantitative estimate of drug-likeness (QED) is 0.435. The fourth-order valence-electron chi connectivity index (χ4n) is 2.67. The minimum absolute atomic E-state index is 0.332. The van der Waals surface area contributed by atoms with E-state index in [2.05, 4.69) is 45.9 Å². The standard InChI is InChI=1S/C18H28O/c1-5-8-9-10-18(19)17-13-14(4)11-12-16(17)15(6-2)7-3/h11-13,15H,5-10H2,1-4H3. The van der Waals surface area contributed by atoms with Crippen LogP contribution in [-0.2, 0) is 0 Å². The number of hydrogen-bond acceptors (Lipinski definition) is 1. The van der Waals surface area contributed by atoms with Gasteiger partial charge in [0.1, 0.15) is 0 Å². The Morgan fingerprint density at radius 2 is 1.79 bits per heavy atom. The van der Waals surface area contributed by atoms with Crippen molar-refractivity contribution in [3.05, 3.63) is 34.9 Å². The Hall–Kier alpha value is -1.11. The van der Waals surface area contributed by atoms with Crippen molar-refractivity contribution < 1.29 is 4.79 Å². The number of carbonyl (C=O) groups excluding carboxylic acids is 1. The average Bonchev–Trinajstić information content (AvgIpc) is 2.41. The summed E-state index contributed by atoms with van der Waals surface area (Å²) in [5, 5.41) is 0. The Morgan fingerprint density at radius 3 is 2.37 bits per heavy atom. The summed E-state index contributed by atoms with van der Waals surface area (Å²) < 4.78 is 0. The number of unbranched alkanes of at least 4 members (excludes halogenated alkanes) is 2. The van der Waals surface area contributed by atoms with Gasteiger partial charge < -0.3 is 0 Å². The zero-order valence-electron chi connectivity index (χ0n) is 13.0. The van der Waals surface area contributed by atoms with Gasteiger partial charge in [-0.3, -0.25) is 4.79 Å². The molecule has 0 bridgehead atoms. The van der Waals surface area contributed by atoms with E-state index in [1.165, 1.54) is 17.5 Å². The molecule has 0 aliphatic rings. The first-order valence-corrected chi connectivity index (χ1v) is 7.77. The van der Waals surface area contributed by atoms with Crippen LogP contribution < -0.4 is 0 Å². The third-order valence-corrected chi connectivity index (χ3v) is 3.94. The van der Waals surface area contributed by atoms with Crippen LogP contribution in [0.4, 0.5) is 0 Å². The number of hydrogen-bond donors (Lipinski definition) is 0. The lowest BCUT2D eigenvalue weighted by atomic mass is 9.86. The molecule has 1 nitrogen and oxygen atoms in total. The van der Waals surface area contributed by atoms with E-state index < -0.39 is 0 Å². The largest absolute Gasteiger partial charge is 0.294 e. The average molecular weight is 260 g/mol. The molecular formula is C18H28O. The molecule has 106 valence electrons. The molecule has 0 spiro atoms. The van der Waals surface area contributed by atoms with E-state index in [1.54, 1.807) is 0 Å². The molecule has 0 unspecified atom stereocenters. The molecule has 0 atom stereocenters. The molecule has 0 N–H and O–H groups in total. The molecule has 1 heteroatoms. The summed E-state index contributed by atoms with van der Waals surface area (Å²) in [6, 6.07) is 6.39. The summed E-state index contributed by atoms with van der Waals surface area (Å²) >= 11 is 0. The van der Waals surface area contributed by atoms with Gasteiger partial charge in [0.2, 0.25) is 0 Å². The summed E-state index contributed by atoms with van der Waals surface area (Å²) in [6.45, 7) is 8.66. The number of ketones is 1. The number of rotatable bonds is 8. The molecule has 1 aromatic carbocycles. The SMILES string of the molecule is CCCCCC(=O)c1cc(C)ccc1C(CC)CC. The van der Waals surface area contributed by atoms with Gasteiger partial charge in [0.15, 0.2) is 5.78 Å². The van der Waals surface area contributed by atoms with Crippen molar-refractivity contribution in [3.8, 4) is 0 Å². The van der Waals surface area contributed by atoms with Gasteiger partial charge in [0.25, 0.3) is 0 Å². The van der Waals surface area contributed by atoms with E-state index in [-0.39, 0.29) is 0 Å². The van der Waals surface area contributed by atoms with Crippen LogP contribution in [-0.4, -0.2) is 5.78 Å². The lowest BCUT2D eigenvalue weighted by Gasteiger charge is -2.17. The molecule has 0 heterocycles. The van der Waals surface area contributed by atoms with Crippen molar-refractivity contribution in [2.24, 2.45) is 0 Å². The maximum atomic E-state index is 12.4. The second-order valence-electron chi connectivity index (χ2n) is 5.48. The highest BCUT2D eigenvalue weighted by molar-refractivity contribution is 5.97. The molecule has 19 heavy (non-hydrogen) atoms. The molecule has 0 aliphatic carbocycles. The third-order valence-electron chi connectivity index (χ3n) is 3.94. The molecule has 1 aromatic rings. The Labute approximate surface area is 118 Å². The summed E-state index contributed by atoms with van der Waals surface area (Å²) in [5.41, 5.74) is 3.43. The molecule has 0 fully saturated rings. The van der Waals surface area contributed by atoms with Crippen molar-refractivity contribution in [3.63, 3.8) is 0 Å². The first-order chi connectivity index (χ1) is 9.13. The van der Waals surface area contributed by atoms with Gasteiger partial charge in [-0.15, -0.1) is 0 Å². The van der Waals surface area contributed by atoms with Crippen molar-refractivity contribution >= 4 is 5.78 Å². The molecule has 1 rings (SSSR count). The fraction of sp³-hybridized carbons (Fsp3) is 0.611. The van der Waals surface area contributed by atoms with E-state index in [0.29, 0.717) is 18.1 Å². The summed E-state index contributed by atoms with van der Waals surface area (Å²) in [4.78, 5) is 12.4. The zero-order chi connectivity index (χ0) is 14.3. The van der Waals surface area contributed by atoms with E-state index in [1.807, 2.05) is 0 Å². The summed E-state index contributed by atoms with van der Waals surface area (Å²) in [6.07, 6.45) is 6.25. The van der Waals surface area contributed by atoms with Crippen molar-refractivity contribution in [2.45, 2.75) is 72.1 Å². The van der Waals surface area contributed by atoms with Gasteiger partial charge in [-0.05, 0) is 43.7 Å². The van der Waals surface area contributed by atoms with Crippen LogP contribution in [0.15, 0.2) is 18.2 Å². The van der Waals surface area contributed by atoms with Gasteiger partial charge in [-0.1, -0.05) is 51.3 Å². The molecular weight excluding hydrogens is 232 g/mol. The Bertz CT molecular complexity index is 402. The van der Waals surface area contributed by atoms with Crippen LogP contribution in [0.25, 0.3) is 0 Å². The zero-order valence-corrected chi connectivity index (χ0v) is 13.0. The Kier molecular flexibility index (Phi) is 6.83. The fourth-order valence-corrected chi connectivity index (χ4v) is 2.67. The lowest BCUT2D eigenvalue weighted by Crippen LogP contribution is -2.08. The van der Waals surface area contributed by atoms with Gasteiger partial charge in [-0.25, -0.2) is 0 Å². The van der Waals surface area contributed by atoms with Gasteiger partial charge >= 0.3 is 0 Å². The molecule has 0 saturated carbocycles. The summed E-state index contributed by atoms with van der Waals surface area (Å²) in [5.74, 6) is 0.852. The second-order valence-corrected chi connectivity index (χ2v) is 5.48. The monoisotopic (exact) mass is 260 g/mol. The van der Waals surface area contributed by atoms with Gasteiger partial charge in [0.05, 0.1) is 0 Å². The minimum Gasteiger partial charge on any atom is -0.294 e. The van der Waals surface area contributed by atoms with Crippen molar-refractivity contribution in [1.82, 2.24) is 0 Å². The third kappa shape index (κ3) is 4.49. The maximum Gasteiger partial charge on any atom is 0.163 e.